The standard InChI is InChI=1S/C22H27N3O7S/c1-30-18-10-9-17(13-19(18)31-2)33(28,29)25-11-6-12-32-20(25)15-24-22(27)21(26)23-14-16-7-4-3-5-8-16/h3-5,7-10,13,20H,6,11-12,14-15H2,1-2H3,(H,23,26)(H,24,27). The van der Waals surface area contributed by atoms with Crippen LogP contribution in [0.3, 0.4) is 0 Å². The molecule has 1 aliphatic rings. The summed E-state index contributed by atoms with van der Waals surface area (Å²) in [4.78, 5) is 24.3. The molecular weight excluding hydrogens is 450 g/mol. The van der Waals surface area contributed by atoms with Crippen LogP contribution in [0.25, 0.3) is 0 Å². The van der Waals surface area contributed by atoms with Gasteiger partial charge in [0.1, 0.15) is 6.23 Å². The van der Waals surface area contributed by atoms with Gasteiger partial charge in [-0.2, -0.15) is 4.31 Å². The van der Waals surface area contributed by atoms with Crippen LogP contribution in [0.15, 0.2) is 53.4 Å². The number of methoxy groups -OCH3 is 2. The number of hydrogen-bond donors (Lipinski definition) is 2. The van der Waals surface area contributed by atoms with E-state index in [4.69, 9.17) is 14.2 Å². The minimum atomic E-state index is -3.96. The molecule has 2 amide bonds. The Morgan fingerprint density at radius 1 is 1.03 bits per heavy atom. The quantitative estimate of drug-likeness (QED) is 0.541. The zero-order valence-electron chi connectivity index (χ0n) is 18.4. The van der Waals surface area contributed by atoms with Gasteiger partial charge in [0.05, 0.1) is 32.3 Å². The lowest BCUT2D eigenvalue weighted by molar-refractivity contribution is -0.140. The van der Waals surface area contributed by atoms with Crippen LogP contribution in [0.2, 0.25) is 0 Å². The Kier molecular flexibility index (Phi) is 8.26. The molecule has 1 atom stereocenters. The number of benzene rings is 2. The number of nitrogens with one attached hydrogen (secondary N) is 2. The van der Waals surface area contributed by atoms with Crippen LogP contribution in [0.5, 0.6) is 11.5 Å². The van der Waals surface area contributed by atoms with Crippen molar-refractivity contribution in [3.05, 3.63) is 54.1 Å². The number of carbonyl (C=O) groups is 2. The lowest BCUT2D eigenvalue weighted by Crippen LogP contribution is -2.53. The molecule has 2 aromatic rings. The van der Waals surface area contributed by atoms with E-state index in [2.05, 4.69) is 10.6 Å². The van der Waals surface area contributed by atoms with E-state index in [1.165, 1.54) is 36.7 Å². The molecular formula is C22H27N3O7S. The summed E-state index contributed by atoms with van der Waals surface area (Å²) in [5.41, 5.74) is 0.849. The molecule has 2 N–H and O–H groups in total. The van der Waals surface area contributed by atoms with Crippen LogP contribution in [0.4, 0.5) is 0 Å². The second-order valence-electron chi connectivity index (χ2n) is 7.19. The molecule has 11 heteroatoms. The molecule has 10 nitrogen and oxygen atoms in total. The summed E-state index contributed by atoms with van der Waals surface area (Å²) in [6.45, 7) is 0.563. The fourth-order valence-electron chi connectivity index (χ4n) is 3.33. The monoisotopic (exact) mass is 477 g/mol. The van der Waals surface area contributed by atoms with E-state index in [9.17, 15) is 18.0 Å². The topological polar surface area (TPSA) is 123 Å². The molecule has 2 aromatic carbocycles. The van der Waals surface area contributed by atoms with Crippen molar-refractivity contribution in [1.82, 2.24) is 14.9 Å². The van der Waals surface area contributed by atoms with Gasteiger partial charge in [-0.05, 0) is 24.1 Å². The fourth-order valence-corrected chi connectivity index (χ4v) is 4.91. The largest absolute Gasteiger partial charge is 0.493 e. The molecule has 1 heterocycles. The first-order chi connectivity index (χ1) is 15.9. The van der Waals surface area contributed by atoms with Gasteiger partial charge in [-0.15, -0.1) is 0 Å². The maximum Gasteiger partial charge on any atom is 0.309 e. The maximum atomic E-state index is 13.3. The van der Waals surface area contributed by atoms with Crippen molar-refractivity contribution in [2.24, 2.45) is 0 Å². The molecule has 33 heavy (non-hydrogen) atoms. The third kappa shape index (κ3) is 6.01. The molecule has 0 aliphatic carbocycles. The van der Waals surface area contributed by atoms with E-state index >= 15 is 0 Å². The van der Waals surface area contributed by atoms with Crippen molar-refractivity contribution in [2.45, 2.75) is 24.1 Å². The van der Waals surface area contributed by atoms with E-state index in [1.54, 1.807) is 0 Å². The Morgan fingerprint density at radius 3 is 2.42 bits per heavy atom. The van der Waals surface area contributed by atoms with Gasteiger partial charge in [-0.3, -0.25) is 9.59 Å². The highest BCUT2D eigenvalue weighted by molar-refractivity contribution is 7.89. The number of amides is 2. The zero-order chi connectivity index (χ0) is 23.8. The van der Waals surface area contributed by atoms with Gasteiger partial charge in [0.2, 0.25) is 10.0 Å². The highest BCUT2D eigenvalue weighted by Gasteiger charge is 2.35. The van der Waals surface area contributed by atoms with Crippen LogP contribution in [-0.2, 0) is 30.9 Å². The Morgan fingerprint density at radius 2 is 1.73 bits per heavy atom. The van der Waals surface area contributed by atoms with Crippen molar-refractivity contribution < 1.29 is 32.2 Å². The smallest absolute Gasteiger partial charge is 0.309 e. The minimum Gasteiger partial charge on any atom is -0.493 e. The van der Waals surface area contributed by atoms with Crippen molar-refractivity contribution in [2.75, 3.05) is 33.9 Å². The lowest BCUT2D eigenvalue weighted by Gasteiger charge is -2.34. The van der Waals surface area contributed by atoms with Gasteiger partial charge in [0.15, 0.2) is 11.5 Å². The minimum absolute atomic E-state index is 0.00239. The molecule has 1 saturated heterocycles. The van der Waals surface area contributed by atoms with Gasteiger partial charge in [-0.25, -0.2) is 8.42 Å². The molecule has 3 rings (SSSR count). The Balaban J connectivity index is 1.65. The predicted molar refractivity (Wildman–Crippen MR) is 119 cm³/mol. The first-order valence-electron chi connectivity index (χ1n) is 10.3. The molecule has 0 spiro atoms. The second kappa shape index (κ2) is 11.1. The van der Waals surface area contributed by atoms with E-state index in [1.807, 2.05) is 30.3 Å². The van der Waals surface area contributed by atoms with Gasteiger partial charge in [-0.1, -0.05) is 30.3 Å². The van der Waals surface area contributed by atoms with Gasteiger partial charge < -0.3 is 24.8 Å². The SMILES string of the molecule is COc1ccc(S(=O)(=O)N2CCCOC2CNC(=O)C(=O)NCc2ccccc2)cc1OC. The average molecular weight is 478 g/mol. The van der Waals surface area contributed by atoms with Crippen LogP contribution in [-0.4, -0.2) is 64.7 Å². The lowest BCUT2D eigenvalue weighted by atomic mass is 10.2. The van der Waals surface area contributed by atoms with E-state index in [-0.39, 0.29) is 30.3 Å². The molecule has 178 valence electrons. The maximum absolute atomic E-state index is 13.3. The number of nitrogens with zero attached hydrogens (tertiary/aromatic N) is 1. The third-order valence-corrected chi connectivity index (χ3v) is 6.94. The third-order valence-electron chi connectivity index (χ3n) is 5.06. The fraction of sp³-hybridized carbons (Fsp3) is 0.364. The number of sulfonamides is 1. The number of rotatable bonds is 8. The molecule has 0 saturated carbocycles. The summed E-state index contributed by atoms with van der Waals surface area (Å²) in [5.74, 6) is -1.01. The molecule has 0 bridgehead atoms. The molecule has 0 radical (unpaired) electrons. The number of ether oxygens (including phenoxy) is 3. The van der Waals surface area contributed by atoms with Crippen molar-refractivity contribution in [3.63, 3.8) is 0 Å². The zero-order valence-corrected chi connectivity index (χ0v) is 19.3. The summed E-state index contributed by atoms with van der Waals surface area (Å²) in [5, 5.41) is 4.98. The van der Waals surface area contributed by atoms with Crippen LogP contribution in [0, 0.1) is 0 Å². The van der Waals surface area contributed by atoms with Crippen LogP contribution >= 0.6 is 0 Å². The highest BCUT2D eigenvalue weighted by Crippen LogP contribution is 2.31. The number of carbonyl (C=O) groups excluding carboxylic acids is 2. The molecule has 1 aliphatic heterocycles. The van der Waals surface area contributed by atoms with Gasteiger partial charge >= 0.3 is 11.8 Å². The summed E-state index contributed by atoms with van der Waals surface area (Å²) in [6.07, 6.45) is -0.461. The van der Waals surface area contributed by atoms with E-state index < -0.39 is 28.1 Å². The van der Waals surface area contributed by atoms with Gasteiger partial charge in [0, 0.05) is 19.2 Å². The second-order valence-corrected chi connectivity index (χ2v) is 9.08. The predicted octanol–water partition coefficient (Wildman–Crippen LogP) is 0.874. The summed E-state index contributed by atoms with van der Waals surface area (Å²) < 4.78 is 43.7. The summed E-state index contributed by atoms with van der Waals surface area (Å²) >= 11 is 0. The Bertz CT molecular complexity index is 1080. The highest BCUT2D eigenvalue weighted by atomic mass is 32.2. The van der Waals surface area contributed by atoms with Crippen LogP contribution < -0.4 is 20.1 Å². The van der Waals surface area contributed by atoms with Crippen LogP contribution in [0.1, 0.15) is 12.0 Å². The van der Waals surface area contributed by atoms with E-state index in [0.717, 1.165) is 5.56 Å². The molecule has 1 fully saturated rings. The van der Waals surface area contributed by atoms with Crippen molar-refractivity contribution >= 4 is 21.8 Å². The molecule has 0 aromatic heterocycles. The first-order valence-corrected chi connectivity index (χ1v) is 11.8. The summed E-state index contributed by atoms with van der Waals surface area (Å²) in [6, 6.07) is 13.4. The Labute approximate surface area is 192 Å². The van der Waals surface area contributed by atoms with Crippen molar-refractivity contribution in [3.8, 4) is 11.5 Å². The average Bonchev–Trinajstić information content (AvgIpc) is 2.86. The number of hydrogen-bond acceptors (Lipinski definition) is 7. The van der Waals surface area contributed by atoms with Gasteiger partial charge in [0.25, 0.3) is 0 Å². The Hall–Kier alpha value is -3.15. The van der Waals surface area contributed by atoms with Crippen molar-refractivity contribution in [1.29, 1.82) is 0 Å². The van der Waals surface area contributed by atoms with E-state index in [0.29, 0.717) is 18.8 Å². The molecule has 1 unspecified atom stereocenters. The summed E-state index contributed by atoms with van der Waals surface area (Å²) in [7, 11) is -1.09. The normalized spacial score (nSPS) is 16.6. The first kappa shape index (κ1) is 24.5.